The molecule has 0 N–H and O–H groups in total. The van der Waals surface area contributed by atoms with Crippen LogP contribution < -0.4 is 0 Å². The van der Waals surface area contributed by atoms with Crippen molar-refractivity contribution in [3.63, 3.8) is 0 Å². The average molecular weight is 625 g/mol. The van der Waals surface area contributed by atoms with Gasteiger partial charge in [-0.2, -0.15) is 0 Å². The summed E-state index contributed by atoms with van der Waals surface area (Å²) in [6.45, 7) is 26.9. The second-order valence-corrected chi connectivity index (χ2v) is 13.7. The van der Waals surface area contributed by atoms with Crippen molar-refractivity contribution in [2.45, 2.75) is 146 Å². The Morgan fingerprint density at radius 1 is 0.457 bits per heavy atom. The van der Waals surface area contributed by atoms with E-state index in [9.17, 15) is 9.59 Å². The lowest BCUT2D eigenvalue weighted by Gasteiger charge is -2.18. The van der Waals surface area contributed by atoms with E-state index in [4.69, 9.17) is 0 Å². The Bertz CT molecular complexity index is 1340. The van der Waals surface area contributed by atoms with Crippen LogP contribution in [0.2, 0.25) is 0 Å². The quantitative estimate of drug-likeness (QED) is 0.0997. The van der Waals surface area contributed by atoms with Crippen LogP contribution in [-0.2, 0) is 9.59 Å². The highest BCUT2D eigenvalue weighted by Crippen LogP contribution is 2.28. The number of hydrogen-bond donors (Lipinski definition) is 0. The van der Waals surface area contributed by atoms with Gasteiger partial charge in [0.25, 0.3) is 0 Å². The molecule has 0 unspecified atom stereocenters. The van der Waals surface area contributed by atoms with Crippen molar-refractivity contribution in [3.05, 3.63) is 117 Å². The SMILES string of the molecule is C=C1C(=C)C(=O)C(C/C=C(\C)CC/C=C(\C)CC/C=C(\C)CC/C=C(\C)CC/C=C(\C)CC/C=C(\C)CCC=C(C)C)=C(C)C1=O. The third-order valence-electron chi connectivity index (χ3n) is 8.88. The summed E-state index contributed by atoms with van der Waals surface area (Å²) in [5, 5.41) is 0. The molecule has 0 heterocycles. The molecule has 2 nitrogen and oxygen atoms in total. The Morgan fingerprint density at radius 2 is 0.739 bits per heavy atom. The van der Waals surface area contributed by atoms with Crippen LogP contribution in [0.15, 0.2) is 117 Å². The zero-order valence-corrected chi connectivity index (χ0v) is 31.0. The minimum atomic E-state index is -0.162. The molecule has 0 saturated carbocycles. The molecule has 0 radical (unpaired) electrons. The molecule has 0 aliphatic heterocycles. The van der Waals surface area contributed by atoms with Gasteiger partial charge in [0.15, 0.2) is 11.6 Å². The van der Waals surface area contributed by atoms with Gasteiger partial charge in [0, 0.05) is 22.3 Å². The van der Waals surface area contributed by atoms with Crippen molar-refractivity contribution in [2.75, 3.05) is 0 Å². The average Bonchev–Trinajstić information content (AvgIpc) is 2.98. The zero-order chi connectivity index (χ0) is 34.6. The Balaban J connectivity index is 2.33. The van der Waals surface area contributed by atoms with Crippen LogP contribution >= 0.6 is 0 Å². The van der Waals surface area contributed by atoms with E-state index < -0.39 is 0 Å². The highest BCUT2D eigenvalue weighted by Gasteiger charge is 2.29. The number of rotatable bonds is 20. The predicted molar refractivity (Wildman–Crippen MR) is 203 cm³/mol. The minimum absolute atomic E-state index is 0.148. The van der Waals surface area contributed by atoms with Gasteiger partial charge in [-0.1, -0.05) is 94.7 Å². The summed E-state index contributed by atoms with van der Waals surface area (Å²) in [6, 6.07) is 0. The van der Waals surface area contributed by atoms with E-state index in [1.807, 2.05) is 0 Å². The monoisotopic (exact) mass is 624 g/mol. The second-order valence-electron chi connectivity index (χ2n) is 13.7. The Kier molecular flexibility index (Phi) is 19.8. The molecule has 1 aliphatic rings. The molecule has 252 valence electrons. The third-order valence-corrected chi connectivity index (χ3v) is 8.88. The number of carbonyl (C=O) groups is 2. The van der Waals surface area contributed by atoms with E-state index in [2.05, 4.69) is 111 Å². The minimum Gasteiger partial charge on any atom is -0.289 e. The molecule has 0 fully saturated rings. The molecule has 1 aliphatic carbocycles. The van der Waals surface area contributed by atoms with Crippen LogP contribution in [0.1, 0.15) is 146 Å². The fourth-order valence-electron chi connectivity index (χ4n) is 5.44. The molecule has 1 rings (SSSR count). The van der Waals surface area contributed by atoms with E-state index in [0.29, 0.717) is 17.6 Å². The van der Waals surface area contributed by atoms with Gasteiger partial charge in [-0.15, -0.1) is 0 Å². The first-order valence-corrected chi connectivity index (χ1v) is 17.5. The molecule has 0 atom stereocenters. The maximum atomic E-state index is 12.6. The van der Waals surface area contributed by atoms with E-state index >= 15 is 0 Å². The maximum Gasteiger partial charge on any atom is 0.189 e. The van der Waals surface area contributed by atoms with Crippen LogP contribution in [-0.4, -0.2) is 11.6 Å². The second kappa shape index (κ2) is 22.3. The fourth-order valence-corrected chi connectivity index (χ4v) is 5.44. The van der Waals surface area contributed by atoms with Crippen molar-refractivity contribution in [1.29, 1.82) is 0 Å². The van der Waals surface area contributed by atoms with Crippen molar-refractivity contribution >= 4 is 11.6 Å². The lowest BCUT2D eigenvalue weighted by molar-refractivity contribution is -0.116. The Morgan fingerprint density at radius 3 is 1.07 bits per heavy atom. The van der Waals surface area contributed by atoms with Crippen LogP contribution in [0.3, 0.4) is 0 Å². The lowest BCUT2D eigenvalue weighted by Crippen LogP contribution is -2.22. The third kappa shape index (κ3) is 16.9. The van der Waals surface area contributed by atoms with E-state index in [-0.39, 0.29) is 22.7 Å². The van der Waals surface area contributed by atoms with Gasteiger partial charge in [0.2, 0.25) is 0 Å². The van der Waals surface area contributed by atoms with Gasteiger partial charge in [-0.05, 0) is 146 Å². The van der Waals surface area contributed by atoms with Gasteiger partial charge >= 0.3 is 0 Å². The van der Waals surface area contributed by atoms with Gasteiger partial charge in [0.05, 0.1) is 0 Å². The molecule has 0 aromatic heterocycles. The normalized spacial score (nSPS) is 16.2. The first kappa shape index (κ1) is 40.8. The van der Waals surface area contributed by atoms with E-state index in [1.54, 1.807) is 6.92 Å². The van der Waals surface area contributed by atoms with Gasteiger partial charge in [-0.25, -0.2) is 0 Å². The van der Waals surface area contributed by atoms with Crippen molar-refractivity contribution in [1.82, 2.24) is 0 Å². The zero-order valence-electron chi connectivity index (χ0n) is 31.0. The van der Waals surface area contributed by atoms with Crippen molar-refractivity contribution in [3.8, 4) is 0 Å². The molecular weight excluding hydrogens is 560 g/mol. The Labute approximate surface area is 283 Å². The number of Topliss-reactive ketones (excluding diaryl/α,β-unsaturated/α-hetero) is 2. The van der Waals surface area contributed by atoms with Crippen molar-refractivity contribution < 1.29 is 9.59 Å². The van der Waals surface area contributed by atoms with Crippen LogP contribution in [0.4, 0.5) is 0 Å². The van der Waals surface area contributed by atoms with Gasteiger partial charge < -0.3 is 0 Å². The standard InChI is InChI=1S/C44H64O2/c1-32(2)18-12-19-33(3)20-13-21-34(4)22-14-23-35(5)24-15-25-36(6)26-16-27-37(7)28-17-29-38(8)30-31-42-41(11)43(45)39(9)40(10)44(42)46/h18,20,22,24,26,28,30H,9-10,12-17,19,21,23,25,27,29,31H2,1-8,11H3/b33-20+,34-22+,35-24+,36-26+,37-28+,38-30+. The molecule has 0 bridgehead atoms. The molecule has 0 spiro atoms. The summed E-state index contributed by atoms with van der Waals surface area (Å²) in [5.74, 6) is -0.310. The summed E-state index contributed by atoms with van der Waals surface area (Å²) >= 11 is 0. The van der Waals surface area contributed by atoms with Crippen LogP contribution in [0, 0.1) is 0 Å². The molecule has 0 saturated heterocycles. The molecule has 0 aromatic rings. The van der Waals surface area contributed by atoms with E-state index in [1.165, 1.54) is 45.4 Å². The molecular formula is C44H64O2. The smallest absolute Gasteiger partial charge is 0.189 e. The number of ketones is 2. The first-order valence-electron chi connectivity index (χ1n) is 17.5. The molecule has 2 heteroatoms. The van der Waals surface area contributed by atoms with Crippen LogP contribution in [0.25, 0.3) is 0 Å². The van der Waals surface area contributed by atoms with E-state index in [0.717, 1.165) is 70.6 Å². The fraction of sp³-hybridized carbons (Fsp3) is 0.500. The Hall–Kier alpha value is -3.26. The van der Waals surface area contributed by atoms with Crippen molar-refractivity contribution in [2.24, 2.45) is 0 Å². The molecule has 0 amide bonds. The first-order chi connectivity index (χ1) is 21.7. The van der Waals surface area contributed by atoms with Gasteiger partial charge in [-0.3, -0.25) is 9.59 Å². The summed E-state index contributed by atoms with van der Waals surface area (Å²) in [4.78, 5) is 24.9. The predicted octanol–water partition coefficient (Wildman–Crippen LogP) is 13.3. The summed E-state index contributed by atoms with van der Waals surface area (Å²) in [6.07, 6.45) is 30.2. The number of allylic oxidation sites excluding steroid dienone is 18. The summed E-state index contributed by atoms with van der Waals surface area (Å²) in [7, 11) is 0. The maximum absolute atomic E-state index is 12.6. The highest BCUT2D eigenvalue weighted by molar-refractivity contribution is 6.28. The van der Waals surface area contributed by atoms with Crippen LogP contribution in [0.5, 0.6) is 0 Å². The molecule has 46 heavy (non-hydrogen) atoms. The molecule has 0 aromatic carbocycles. The topological polar surface area (TPSA) is 34.1 Å². The highest BCUT2D eigenvalue weighted by atomic mass is 16.1. The number of hydrogen-bond acceptors (Lipinski definition) is 2. The lowest BCUT2D eigenvalue weighted by atomic mass is 9.82. The largest absolute Gasteiger partial charge is 0.289 e. The summed E-state index contributed by atoms with van der Waals surface area (Å²) in [5.41, 5.74) is 11.6. The number of carbonyl (C=O) groups excluding carboxylic acids is 2. The van der Waals surface area contributed by atoms with Gasteiger partial charge in [0.1, 0.15) is 0 Å². The summed E-state index contributed by atoms with van der Waals surface area (Å²) < 4.78 is 0.